The molecule has 2 amide bonds. The Morgan fingerprint density at radius 2 is 1.81 bits per heavy atom. The lowest BCUT2D eigenvalue weighted by atomic mass is 9.94. The summed E-state index contributed by atoms with van der Waals surface area (Å²) in [6, 6.07) is 8.87. The van der Waals surface area contributed by atoms with E-state index in [9.17, 15) is 9.59 Å². The Hall–Kier alpha value is -2.08. The van der Waals surface area contributed by atoms with Crippen LogP contribution in [-0.4, -0.2) is 55.5 Å². The van der Waals surface area contributed by atoms with Gasteiger partial charge in [0.25, 0.3) is 0 Å². The second-order valence-electron chi connectivity index (χ2n) is 7.63. The maximum Gasteiger partial charge on any atom is 0.231 e. The quantitative estimate of drug-likeness (QED) is 0.831. The van der Waals surface area contributed by atoms with Gasteiger partial charge in [-0.15, -0.1) is 0 Å². The maximum absolute atomic E-state index is 12.6. The third kappa shape index (κ3) is 4.97. The molecule has 2 fully saturated rings. The molecule has 0 atom stereocenters. The lowest BCUT2D eigenvalue weighted by Gasteiger charge is -2.35. The highest BCUT2D eigenvalue weighted by Gasteiger charge is 2.28. The fraction of sp³-hybridized carbons (Fsp3) is 0.600. The molecule has 3 rings (SSSR count). The lowest BCUT2D eigenvalue weighted by molar-refractivity contribution is -0.127. The van der Waals surface area contributed by atoms with Gasteiger partial charge in [0.2, 0.25) is 11.8 Å². The van der Waals surface area contributed by atoms with Crippen molar-refractivity contribution < 1.29 is 9.59 Å². The van der Waals surface area contributed by atoms with Gasteiger partial charge in [-0.05, 0) is 63.4 Å². The van der Waals surface area contributed by atoms with Crippen LogP contribution < -0.4 is 16.0 Å². The molecule has 2 heterocycles. The summed E-state index contributed by atoms with van der Waals surface area (Å²) in [5.74, 6) is -0.0556. The predicted octanol–water partition coefficient (Wildman–Crippen LogP) is 1.28. The minimum atomic E-state index is -0.298. The van der Waals surface area contributed by atoms with E-state index in [1.54, 1.807) is 0 Å². The number of hydrogen-bond acceptors (Lipinski definition) is 4. The Morgan fingerprint density at radius 1 is 1.12 bits per heavy atom. The molecule has 26 heavy (non-hydrogen) atoms. The van der Waals surface area contributed by atoms with Crippen molar-refractivity contribution in [3.8, 4) is 0 Å². The number of nitrogens with zero attached hydrogens (tertiary/aromatic N) is 2. The number of benzene rings is 1. The van der Waals surface area contributed by atoms with Crippen LogP contribution in [0.2, 0.25) is 0 Å². The van der Waals surface area contributed by atoms with E-state index in [1.165, 1.54) is 11.3 Å². The number of anilines is 1. The molecule has 2 aliphatic rings. The van der Waals surface area contributed by atoms with E-state index in [1.807, 2.05) is 4.90 Å². The zero-order chi connectivity index (χ0) is 18.5. The molecule has 3 N–H and O–H groups in total. The first-order valence-corrected chi connectivity index (χ1v) is 9.64. The van der Waals surface area contributed by atoms with E-state index < -0.39 is 0 Å². The molecule has 0 aliphatic carbocycles. The number of likely N-dealkylation sites (tertiary alicyclic amines) is 1. The van der Waals surface area contributed by atoms with Crippen LogP contribution in [0, 0.1) is 12.8 Å². The molecule has 2 saturated heterocycles. The van der Waals surface area contributed by atoms with Gasteiger partial charge in [-0.1, -0.05) is 12.1 Å². The van der Waals surface area contributed by atoms with Gasteiger partial charge in [0.1, 0.15) is 0 Å². The van der Waals surface area contributed by atoms with Gasteiger partial charge in [-0.25, -0.2) is 0 Å². The molecule has 142 valence electrons. The summed E-state index contributed by atoms with van der Waals surface area (Å²) in [4.78, 5) is 28.0. The fourth-order valence-electron chi connectivity index (χ4n) is 4.00. The van der Waals surface area contributed by atoms with E-state index in [0.717, 1.165) is 51.9 Å². The van der Waals surface area contributed by atoms with E-state index >= 15 is 0 Å². The Balaban J connectivity index is 1.42. The van der Waals surface area contributed by atoms with Crippen LogP contribution in [0.3, 0.4) is 0 Å². The molecule has 6 heteroatoms. The van der Waals surface area contributed by atoms with Crippen LogP contribution in [0.25, 0.3) is 0 Å². The lowest BCUT2D eigenvalue weighted by Crippen LogP contribution is -2.48. The predicted molar refractivity (Wildman–Crippen MR) is 103 cm³/mol. The first-order chi connectivity index (χ1) is 12.5. The van der Waals surface area contributed by atoms with Crippen LogP contribution >= 0.6 is 0 Å². The Morgan fingerprint density at radius 3 is 2.42 bits per heavy atom. The van der Waals surface area contributed by atoms with Crippen LogP contribution in [0.15, 0.2) is 24.3 Å². The number of primary amides is 1. The summed E-state index contributed by atoms with van der Waals surface area (Å²) in [6.07, 6.45) is 3.59. The molecular weight excluding hydrogens is 328 g/mol. The molecule has 0 saturated carbocycles. The van der Waals surface area contributed by atoms with Crippen molar-refractivity contribution in [2.45, 2.75) is 38.6 Å². The van der Waals surface area contributed by atoms with Crippen molar-refractivity contribution >= 4 is 17.5 Å². The fourth-order valence-corrected chi connectivity index (χ4v) is 4.00. The Labute approximate surface area is 155 Å². The summed E-state index contributed by atoms with van der Waals surface area (Å²) in [5, 5.41) is 3.25. The third-order valence-electron chi connectivity index (χ3n) is 5.55. The molecule has 0 radical (unpaired) electrons. The number of rotatable bonds is 5. The molecule has 2 aliphatic heterocycles. The SMILES string of the molecule is Cc1cccc(N2CCC(NC(=O)C3CCN(CC(N)=O)CC3)CC2)c1. The number of hydrogen-bond donors (Lipinski definition) is 2. The maximum atomic E-state index is 12.6. The van der Waals surface area contributed by atoms with Gasteiger partial charge < -0.3 is 16.0 Å². The van der Waals surface area contributed by atoms with Gasteiger partial charge in [0, 0.05) is 30.7 Å². The van der Waals surface area contributed by atoms with E-state index in [2.05, 4.69) is 41.4 Å². The summed E-state index contributed by atoms with van der Waals surface area (Å²) >= 11 is 0. The second kappa shape index (κ2) is 8.54. The number of aryl methyl sites for hydroxylation is 1. The molecule has 1 aromatic rings. The second-order valence-corrected chi connectivity index (χ2v) is 7.63. The number of nitrogens with two attached hydrogens (primary N) is 1. The molecule has 1 aromatic carbocycles. The Kier molecular flexibility index (Phi) is 6.14. The molecule has 0 bridgehead atoms. The summed E-state index contributed by atoms with van der Waals surface area (Å²) in [5.41, 5.74) is 7.79. The first kappa shape index (κ1) is 18.7. The van der Waals surface area contributed by atoms with Crippen LogP contribution in [0.4, 0.5) is 5.69 Å². The standard InChI is InChI=1S/C20H30N4O2/c1-15-3-2-4-18(13-15)24-11-7-17(8-12-24)22-20(26)16-5-9-23(10-6-16)14-19(21)25/h2-4,13,16-17H,5-12,14H2,1H3,(H2,21,25)(H,22,26). The van der Waals surface area contributed by atoms with Crippen molar-refractivity contribution in [3.63, 3.8) is 0 Å². The van der Waals surface area contributed by atoms with Gasteiger partial charge in [-0.2, -0.15) is 0 Å². The number of piperidine rings is 2. The topological polar surface area (TPSA) is 78.7 Å². The molecule has 0 aromatic heterocycles. The van der Waals surface area contributed by atoms with Crippen LogP contribution in [0.1, 0.15) is 31.2 Å². The van der Waals surface area contributed by atoms with Crippen LogP contribution in [-0.2, 0) is 9.59 Å². The van der Waals surface area contributed by atoms with Crippen molar-refractivity contribution in [1.29, 1.82) is 0 Å². The van der Waals surface area contributed by atoms with E-state index in [-0.39, 0.29) is 23.8 Å². The zero-order valence-electron chi connectivity index (χ0n) is 15.6. The smallest absolute Gasteiger partial charge is 0.231 e. The molecule has 0 unspecified atom stereocenters. The number of nitrogens with one attached hydrogen (secondary N) is 1. The molecule has 6 nitrogen and oxygen atoms in total. The number of carbonyl (C=O) groups excluding carboxylic acids is 2. The van der Waals surface area contributed by atoms with Crippen molar-refractivity contribution in [1.82, 2.24) is 10.2 Å². The average Bonchev–Trinajstić information content (AvgIpc) is 2.62. The van der Waals surface area contributed by atoms with Crippen LogP contribution in [0.5, 0.6) is 0 Å². The van der Waals surface area contributed by atoms with Crippen molar-refractivity contribution in [2.75, 3.05) is 37.6 Å². The zero-order valence-corrected chi connectivity index (χ0v) is 15.6. The third-order valence-corrected chi connectivity index (χ3v) is 5.55. The van der Waals surface area contributed by atoms with E-state index in [4.69, 9.17) is 5.73 Å². The summed E-state index contributed by atoms with van der Waals surface area (Å²) < 4.78 is 0. The molecule has 0 spiro atoms. The Bertz CT molecular complexity index is 632. The van der Waals surface area contributed by atoms with Gasteiger partial charge in [0.05, 0.1) is 6.54 Å². The monoisotopic (exact) mass is 358 g/mol. The number of amides is 2. The van der Waals surface area contributed by atoms with Gasteiger partial charge >= 0.3 is 0 Å². The van der Waals surface area contributed by atoms with Gasteiger partial charge in [0.15, 0.2) is 0 Å². The highest BCUT2D eigenvalue weighted by atomic mass is 16.2. The van der Waals surface area contributed by atoms with E-state index in [0.29, 0.717) is 6.54 Å². The highest BCUT2D eigenvalue weighted by molar-refractivity contribution is 5.79. The first-order valence-electron chi connectivity index (χ1n) is 9.64. The van der Waals surface area contributed by atoms with Crippen molar-refractivity contribution in [3.05, 3.63) is 29.8 Å². The highest BCUT2D eigenvalue weighted by Crippen LogP contribution is 2.22. The van der Waals surface area contributed by atoms with Gasteiger partial charge in [-0.3, -0.25) is 14.5 Å². The summed E-state index contributed by atoms with van der Waals surface area (Å²) in [6.45, 7) is 5.91. The minimum Gasteiger partial charge on any atom is -0.371 e. The number of carbonyl (C=O) groups is 2. The summed E-state index contributed by atoms with van der Waals surface area (Å²) in [7, 11) is 0. The average molecular weight is 358 g/mol. The molecular formula is C20H30N4O2. The normalized spacial score (nSPS) is 20.1. The largest absolute Gasteiger partial charge is 0.371 e. The van der Waals surface area contributed by atoms with Crippen molar-refractivity contribution in [2.24, 2.45) is 11.7 Å². The minimum absolute atomic E-state index is 0.0638.